The van der Waals surface area contributed by atoms with Gasteiger partial charge in [-0.15, -0.1) is 46.7 Å². The Morgan fingerprint density at radius 3 is 1.39 bits per heavy atom. The number of pyridine rings is 2. The Hall–Kier alpha value is -5.04. The maximum absolute atomic E-state index is 13.7. The lowest BCUT2D eigenvalue weighted by molar-refractivity contribution is -0.275. The van der Waals surface area contributed by atoms with Crippen LogP contribution in [-0.4, -0.2) is 82.5 Å². The lowest BCUT2D eigenvalue weighted by Crippen LogP contribution is -2.29. The van der Waals surface area contributed by atoms with E-state index in [9.17, 15) is 43.9 Å². The van der Waals surface area contributed by atoms with Crippen LogP contribution in [0, 0.1) is 0 Å². The molecule has 4 heterocycles. The molecular formula is C30H22BBrF10N6O6. The van der Waals surface area contributed by atoms with Crippen LogP contribution >= 0.6 is 15.9 Å². The molecule has 2 aromatic carbocycles. The van der Waals surface area contributed by atoms with Crippen molar-refractivity contribution < 1.29 is 73.6 Å². The summed E-state index contributed by atoms with van der Waals surface area (Å²) in [6.07, 6.45) is -6.80. The highest BCUT2D eigenvalue weighted by molar-refractivity contribution is 9.10. The number of aromatic nitrogens is 6. The van der Waals surface area contributed by atoms with E-state index in [0.717, 1.165) is 45.2 Å². The van der Waals surface area contributed by atoms with Crippen LogP contribution in [0.2, 0.25) is 0 Å². The number of aliphatic hydroxyl groups excluding tert-OH is 2. The summed E-state index contributed by atoms with van der Waals surface area (Å²) in [4.78, 5) is 0. The quantitative estimate of drug-likeness (QED) is 0.118. The maximum Gasteiger partial charge on any atom is 0.573 e. The van der Waals surface area contributed by atoms with Gasteiger partial charge in [-0.2, -0.15) is 17.6 Å². The maximum atomic E-state index is 13.7. The molecule has 0 saturated heterocycles. The molecule has 4 aromatic heterocycles. The fraction of sp³-hybridized carbons (Fsp3) is 0.200. The van der Waals surface area contributed by atoms with E-state index < -0.39 is 68.0 Å². The number of aliphatic hydroxyl groups is 2. The molecule has 288 valence electrons. The number of alkyl halides is 10. The van der Waals surface area contributed by atoms with Crippen molar-refractivity contribution in [3.05, 3.63) is 101 Å². The zero-order valence-electron chi connectivity index (χ0n) is 26.5. The first-order chi connectivity index (χ1) is 25.1. The van der Waals surface area contributed by atoms with E-state index in [1.54, 1.807) is 18.2 Å². The van der Waals surface area contributed by atoms with Gasteiger partial charge in [0.15, 0.2) is 11.3 Å². The van der Waals surface area contributed by atoms with E-state index in [2.05, 4.69) is 45.8 Å². The van der Waals surface area contributed by atoms with Crippen molar-refractivity contribution in [3.8, 4) is 22.6 Å². The minimum Gasteiger partial charge on any atom is -0.423 e. The zero-order valence-corrected chi connectivity index (χ0v) is 28.1. The van der Waals surface area contributed by atoms with Gasteiger partial charge in [-0.1, -0.05) is 24.3 Å². The van der Waals surface area contributed by atoms with E-state index in [4.69, 9.17) is 20.3 Å². The second kappa shape index (κ2) is 16.5. The van der Waals surface area contributed by atoms with Gasteiger partial charge < -0.3 is 29.7 Å². The number of benzene rings is 2. The number of hydrogen-bond donors (Lipinski definition) is 4. The molecule has 0 atom stereocenters. The highest BCUT2D eigenvalue weighted by Gasteiger charge is 2.37. The summed E-state index contributed by atoms with van der Waals surface area (Å²) in [5.74, 6) is -9.07. The molecule has 0 bridgehead atoms. The number of ether oxygens (including phenoxy) is 2. The molecule has 0 spiro atoms. The van der Waals surface area contributed by atoms with Crippen molar-refractivity contribution in [1.29, 1.82) is 0 Å². The third-order valence-electron chi connectivity index (χ3n) is 6.65. The molecular weight excluding hydrogens is 821 g/mol. The molecule has 0 aliphatic carbocycles. The van der Waals surface area contributed by atoms with Crippen LogP contribution < -0.4 is 14.9 Å². The number of nitrogens with zero attached hydrogens (tertiary/aromatic N) is 6. The monoisotopic (exact) mass is 842 g/mol. The Kier molecular flexibility index (Phi) is 12.8. The zero-order chi connectivity index (χ0) is 40.1. The number of halogens is 11. The highest BCUT2D eigenvalue weighted by Crippen LogP contribution is 2.30. The predicted molar refractivity (Wildman–Crippen MR) is 171 cm³/mol. The van der Waals surface area contributed by atoms with Gasteiger partial charge in [0.05, 0.1) is 0 Å². The lowest BCUT2D eigenvalue weighted by atomic mass is 9.80. The average Bonchev–Trinajstić information content (AvgIpc) is 3.73. The third kappa shape index (κ3) is 11.0. The summed E-state index contributed by atoms with van der Waals surface area (Å²) < 4.78 is 135. The summed E-state index contributed by atoms with van der Waals surface area (Å²) in [6.45, 7) is -2.72. The fourth-order valence-electron chi connectivity index (χ4n) is 4.26. The largest absolute Gasteiger partial charge is 0.573 e. The predicted octanol–water partition coefficient (Wildman–Crippen LogP) is 5.22. The molecule has 6 aromatic rings. The molecule has 0 aliphatic heterocycles. The second-order valence-electron chi connectivity index (χ2n) is 10.6. The number of fused-ring (bicyclic) bond motifs is 2. The van der Waals surface area contributed by atoms with Crippen LogP contribution in [0.1, 0.15) is 11.6 Å². The lowest BCUT2D eigenvalue weighted by Gasteiger charge is -2.12. The van der Waals surface area contributed by atoms with Gasteiger partial charge in [-0.05, 0) is 81.1 Å². The van der Waals surface area contributed by atoms with E-state index in [-0.39, 0.29) is 11.1 Å². The second-order valence-corrected chi connectivity index (χ2v) is 11.5. The molecule has 54 heavy (non-hydrogen) atoms. The fourth-order valence-corrected chi connectivity index (χ4v) is 4.59. The molecule has 0 saturated carbocycles. The molecule has 0 radical (unpaired) electrons. The first kappa shape index (κ1) is 41.7. The Bertz CT molecular complexity index is 2150. The van der Waals surface area contributed by atoms with Crippen molar-refractivity contribution in [2.24, 2.45) is 0 Å². The van der Waals surface area contributed by atoms with Gasteiger partial charge >= 0.3 is 31.7 Å². The van der Waals surface area contributed by atoms with Crippen LogP contribution in [0.5, 0.6) is 11.5 Å². The minimum atomic E-state index is -4.80. The van der Waals surface area contributed by atoms with Gasteiger partial charge in [-0.25, -0.2) is 0 Å². The van der Waals surface area contributed by atoms with Crippen molar-refractivity contribution in [2.45, 2.75) is 24.6 Å². The minimum absolute atomic E-state index is 0.0968. The molecule has 6 rings (SSSR count). The molecule has 0 aliphatic rings. The van der Waals surface area contributed by atoms with Crippen molar-refractivity contribution in [1.82, 2.24) is 29.2 Å². The standard InChI is InChI=1S/C15H10F5N3O2.C8H6BrF2N3O.C7H6BF3O3/c16-14(17,8-24)13-22-21-12-6-3-10(7-23(12)13)9-1-4-11(5-2-9)25-15(18,19)20;9-5-1-2-6-12-13-7(14(6)3-5)8(10,11)4-15;9-7(10,11)14-6-3-1-5(2-4-6)8(12)13/h1-7,24H,8H2;1-3,15H,4H2;1-4,12-13H. The van der Waals surface area contributed by atoms with Crippen LogP contribution in [0.15, 0.2) is 89.7 Å². The summed E-state index contributed by atoms with van der Waals surface area (Å²) in [5.41, 5.74) is 1.47. The van der Waals surface area contributed by atoms with E-state index in [1.165, 1.54) is 30.6 Å². The molecule has 0 unspecified atom stereocenters. The SMILES string of the molecule is OB(O)c1ccc(OC(F)(F)F)cc1.OCC(F)(F)c1nnc2ccc(-c3ccc(OC(F)(F)F)cc3)cn12.OCC(F)(F)c1nnc2ccc(Br)cn12. The Labute approximate surface area is 304 Å². The van der Waals surface area contributed by atoms with Crippen LogP contribution in [0.25, 0.3) is 22.4 Å². The van der Waals surface area contributed by atoms with E-state index in [0.29, 0.717) is 21.2 Å². The molecule has 12 nitrogen and oxygen atoms in total. The van der Waals surface area contributed by atoms with E-state index in [1.807, 2.05) is 0 Å². The smallest absolute Gasteiger partial charge is 0.423 e. The highest BCUT2D eigenvalue weighted by atomic mass is 79.9. The van der Waals surface area contributed by atoms with Crippen LogP contribution in [0.4, 0.5) is 43.9 Å². The molecule has 4 N–H and O–H groups in total. The number of hydrogen-bond acceptors (Lipinski definition) is 10. The van der Waals surface area contributed by atoms with Crippen molar-refractivity contribution in [3.63, 3.8) is 0 Å². The van der Waals surface area contributed by atoms with Crippen LogP contribution in [0.3, 0.4) is 0 Å². The first-order valence-electron chi connectivity index (χ1n) is 14.5. The van der Waals surface area contributed by atoms with Gasteiger partial charge in [-0.3, -0.25) is 8.80 Å². The van der Waals surface area contributed by atoms with Crippen LogP contribution in [-0.2, 0) is 11.8 Å². The average molecular weight is 843 g/mol. The topological polar surface area (TPSA) is 160 Å². The van der Waals surface area contributed by atoms with E-state index >= 15 is 0 Å². The van der Waals surface area contributed by atoms with Gasteiger partial charge in [0, 0.05) is 16.9 Å². The van der Waals surface area contributed by atoms with Crippen molar-refractivity contribution in [2.75, 3.05) is 13.2 Å². The molecule has 0 amide bonds. The van der Waals surface area contributed by atoms with Crippen molar-refractivity contribution >= 4 is 39.8 Å². The summed E-state index contributed by atoms with van der Waals surface area (Å²) >= 11 is 3.16. The molecule has 0 fully saturated rings. The third-order valence-corrected chi connectivity index (χ3v) is 7.12. The normalized spacial score (nSPS) is 12.1. The first-order valence-corrected chi connectivity index (χ1v) is 15.3. The number of rotatable bonds is 8. The Morgan fingerprint density at radius 1 is 0.556 bits per heavy atom. The van der Waals surface area contributed by atoms with Gasteiger partial charge in [0.2, 0.25) is 11.6 Å². The summed E-state index contributed by atoms with van der Waals surface area (Å²) in [7, 11) is -1.70. The van der Waals surface area contributed by atoms with Gasteiger partial charge in [0.1, 0.15) is 24.7 Å². The Balaban J connectivity index is 0.000000193. The summed E-state index contributed by atoms with van der Waals surface area (Å²) in [6, 6.07) is 15.4. The summed E-state index contributed by atoms with van der Waals surface area (Å²) in [5, 5.41) is 48.5. The van der Waals surface area contributed by atoms with Gasteiger partial charge in [0.25, 0.3) is 0 Å². The Morgan fingerprint density at radius 2 is 0.963 bits per heavy atom. The molecule has 24 heteroatoms.